The van der Waals surface area contributed by atoms with Gasteiger partial charge in [-0.15, -0.1) is 0 Å². The van der Waals surface area contributed by atoms with Crippen LogP contribution < -0.4 is 21.1 Å². The lowest BCUT2D eigenvalue weighted by atomic mass is 10.2. The molecule has 0 unspecified atom stereocenters. The minimum Gasteiger partial charge on any atom is -0.483 e. The lowest BCUT2D eigenvalue weighted by Crippen LogP contribution is -2.29. The standard InChI is InChI=1S/C13H20ClN3O3/c14-11-1-2-12(20-9-13(15)19)10(7-11)8-17-4-3-16-5-6-18/h1-2,7,16-18H,3-6,8-9H2,(H2,15,19). The second-order valence-electron chi connectivity index (χ2n) is 4.16. The Morgan fingerprint density at radius 2 is 2.05 bits per heavy atom. The maximum Gasteiger partial charge on any atom is 0.255 e. The van der Waals surface area contributed by atoms with Crippen molar-refractivity contribution in [2.45, 2.75) is 6.54 Å². The molecule has 1 aromatic carbocycles. The first kappa shape index (κ1) is 16.7. The minimum absolute atomic E-state index is 0.124. The summed E-state index contributed by atoms with van der Waals surface area (Å²) in [5.74, 6) is 0.0658. The Morgan fingerprint density at radius 3 is 2.75 bits per heavy atom. The van der Waals surface area contributed by atoms with E-state index in [0.717, 1.165) is 18.7 Å². The number of aliphatic hydroxyl groups is 1. The highest BCUT2D eigenvalue weighted by molar-refractivity contribution is 6.30. The monoisotopic (exact) mass is 301 g/mol. The average molecular weight is 302 g/mol. The summed E-state index contributed by atoms with van der Waals surface area (Å²) < 4.78 is 5.33. The van der Waals surface area contributed by atoms with Gasteiger partial charge < -0.3 is 26.2 Å². The fourth-order valence-corrected chi connectivity index (χ4v) is 1.77. The molecule has 7 heteroatoms. The first-order chi connectivity index (χ1) is 9.63. The van der Waals surface area contributed by atoms with Gasteiger partial charge in [-0.3, -0.25) is 4.79 Å². The van der Waals surface area contributed by atoms with Crippen molar-refractivity contribution in [1.82, 2.24) is 10.6 Å². The van der Waals surface area contributed by atoms with Crippen molar-refractivity contribution in [3.63, 3.8) is 0 Å². The van der Waals surface area contributed by atoms with Crippen LogP contribution in [0.5, 0.6) is 5.75 Å². The van der Waals surface area contributed by atoms with Gasteiger partial charge in [0.2, 0.25) is 0 Å². The molecular weight excluding hydrogens is 282 g/mol. The van der Waals surface area contributed by atoms with Gasteiger partial charge in [-0.2, -0.15) is 0 Å². The molecule has 0 fully saturated rings. The zero-order chi connectivity index (χ0) is 14.8. The van der Waals surface area contributed by atoms with E-state index in [2.05, 4.69) is 10.6 Å². The second kappa shape index (κ2) is 9.55. The van der Waals surface area contributed by atoms with Gasteiger partial charge in [0.05, 0.1) is 6.61 Å². The fraction of sp³-hybridized carbons (Fsp3) is 0.462. The summed E-state index contributed by atoms with van der Waals surface area (Å²) in [6.07, 6.45) is 0. The number of carbonyl (C=O) groups excluding carboxylic acids is 1. The molecule has 6 nitrogen and oxygen atoms in total. The lowest BCUT2D eigenvalue weighted by Gasteiger charge is -2.12. The molecule has 5 N–H and O–H groups in total. The first-order valence-electron chi connectivity index (χ1n) is 6.35. The van der Waals surface area contributed by atoms with E-state index < -0.39 is 5.91 Å². The van der Waals surface area contributed by atoms with E-state index in [9.17, 15) is 4.79 Å². The highest BCUT2D eigenvalue weighted by Crippen LogP contribution is 2.22. The molecule has 112 valence electrons. The summed E-state index contributed by atoms with van der Waals surface area (Å²) in [7, 11) is 0. The van der Waals surface area contributed by atoms with Gasteiger partial charge >= 0.3 is 0 Å². The number of rotatable bonds is 10. The molecule has 0 radical (unpaired) electrons. The third-order valence-corrected chi connectivity index (χ3v) is 2.71. The number of hydrogen-bond donors (Lipinski definition) is 4. The van der Waals surface area contributed by atoms with Gasteiger partial charge in [0.15, 0.2) is 6.61 Å². The molecule has 0 heterocycles. The summed E-state index contributed by atoms with van der Waals surface area (Å²) in [5.41, 5.74) is 5.92. The molecule has 0 aliphatic rings. The van der Waals surface area contributed by atoms with Crippen LogP contribution in [0.15, 0.2) is 18.2 Å². The van der Waals surface area contributed by atoms with Crippen LogP contribution in [0.2, 0.25) is 5.02 Å². The Bertz CT molecular complexity index is 429. The summed E-state index contributed by atoms with van der Waals surface area (Å²) >= 11 is 5.95. The fourth-order valence-electron chi connectivity index (χ4n) is 1.58. The largest absolute Gasteiger partial charge is 0.483 e. The van der Waals surface area contributed by atoms with E-state index in [1.807, 2.05) is 0 Å². The maximum absolute atomic E-state index is 10.7. The summed E-state index contributed by atoms with van der Waals surface area (Å²) in [4.78, 5) is 10.7. The van der Waals surface area contributed by atoms with Crippen LogP contribution in [0.3, 0.4) is 0 Å². The number of benzene rings is 1. The summed E-state index contributed by atoms with van der Waals surface area (Å²) in [6, 6.07) is 5.20. The Kier molecular flexibility index (Phi) is 7.98. The van der Waals surface area contributed by atoms with E-state index in [1.165, 1.54) is 0 Å². The number of nitrogens with two attached hydrogens (primary N) is 1. The van der Waals surface area contributed by atoms with Gasteiger partial charge in [0.1, 0.15) is 5.75 Å². The SMILES string of the molecule is NC(=O)COc1ccc(Cl)cc1CNCCNCCO. The molecule has 0 atom stereocenters. The molecule has 1 rings (SSSR count). The smallest absolute Gasteiger partial charge is 0.255 e. The quantitative estimate of drug-likeness (QED) is 0.452. The summed E-state index contributed by atoms with van der Waals surface area (Å²) in [6.45, 7) is 2.59. The molecule has 0 saturated heterocycles. The van der Waals surface area contributed by atoms with E-state index in [1.54, 1.807) is 18.2 Å². The third-order valence-electron chi connectivity index (χ3n) is 2.48. The number of aliphatic hydroxyl groups excluding tert-OH is 1. The van der Waals surface area contributed by atoms with E-state index >= 15 is 0 Å². The molecule has 20 heavy (non-hydrogen) atoms. The number of nitrogens with one attached hydrogen (secondary N) is 2. The van der Waals surface area contributed by atoms with Crippen molar-refractivity contribution in [2.75, 3.05) is 32.8 Å². The lowest BCUT2D eigenvalue weighted by molar-refractivity contribution is -0.119. The predicted octanol–water partition coefficient (Wildman–Crippen LogP) is -0.124. The highest BCUT2D eigenvalue weighted by Gasteiger charge is 2.06. The normalized spacial score (nSPS) is 10.5. The van der Waals surface area contributed by atoms with Crippen molar-refractivity contribution in [3.05, 3.63) is 28.8 Å². The Morgan fingerprint density at radius 1 is 1.30 bits per heavy atom. The predicted molar refractivity (Wildman–Crippen MR) is 77.8 cm³/mol. The van der Waals surface area contributed by atoms with Crippen molar-refractivity contribution < 1.29 is 14.6 Å². The van der Waals surface area contributed by atoms with Crippen LogP contribution in [0, 0.1) is 0 Å². The van der Waals surface area contributed by atoms with Crippen LogP contribution >= 0.6 is 11.6 Å². The van der Waals surface area contributed by atoms with Gasteiger partial charge in [-0.05, 0) is 18.2 Å². The maximum atomic E-state index is 10.7. The number of amides is 1. The van der Waals surface area contributed by atoms with Gasteiger partial charge in [0, 0.05) is 36.8 Å². The number of hydrogen-bond acceptors (Lipinski definition) is 5. The highest BCUT2D eigenvalue weighted by atomic mass is 35.5. The molecule has 1 amide bonds. The molecule has 0 spiro atoms. The van der Waals surface area contributed by atoms with Crippen molar-refractivity contribution in [1.29, 1.82) is 0 Å². The Balaban J connectivity index is 2.45. The van der Waals surface area contributed by atoms with Crippen LogP contribution in [-0.2, 0) is 11.3 Å². The molecular formula is C13H20ClN3O3. The van der Waals surface area contributed by atoms with Crippen molar-refractivity contribution in [3.8, 4) is 5.75 Å². The molecule has 0 aliphatic carbocycles. The first-order valence-corrected chi connectivity index (χ1v) is 6.73. The molecule has 0 bridgehead atoms. The minimum atomic E-state index is -0.521. The zero-order valence-electron chi connectivity index (χ0n) is 11.2. The van der Waals surface area contributed by atoms with Crippen LogP contribution in [0.4, 0.5) is 0 Å². The van der Waals surface area contributed by atoms with Crippen LogP contribution in [0.1, 0.15) is 5.56 Å². The van der Waals surface area contributed by atoms with Gasteiger partial charge in [-0.25, -0.2) is 0 Å². The van der Waals surface area contributed by atoms with Crippen LogP contribution in [0.25, 0.3) is 0 Å². The molecule has 0 aliphatic heterocycles. The van der Waals surface area contributed by atoms with Crippen LogP contribution in [-0.4, -0.2) is 43.9 Å². The Labute approximate surface area is 123 Å². The molecule has 0 saturated carbocycles. The number of ether oxygens (including phenoxy) is 1. The van der Waals surface area contributed by atoms with E-state index in [4.69, 9.17) is 27.2 Å². The van der Waals surface area contributed by atoms with Crippen molar-refractivity contribution >= 4 is 17.5 Å². The number of halogens is 1. The van der Waals surface area contributed by atoms with Gasteiger partial charge in [0.25, 0.3) is 5.91 Å². The van der Waals surface area contributed by atoms with E-state index in [0.29, 0.717) is 23.9 Å². The van der Waals surface area contributed by atoms with E-state index in [-0.39, 0.29) is 13.2 Å². The number of carbonyl (C=O) groups is 1. The second-order valence-corrected chi connectivity index (χ2v) is 4.59. The molecule has 0 aromatic heterocycles. The third kappa shape index (κ3) is 6.72. The Hall–Kier alpha value is -1.34. The van der Waals surface area contributed by atoms with Crippen molar-refractivity contribution in [2.24, 2.45) is 5.73 Å². The molecule has 1 aromatic rings. The topological polar surface area (TPSA) is 96.6 Å². The van der Waals surface area contributed by atoms with Gasteiger partial charge in [-0.1, -0.05) is 11.6 Å². The zero-order valence-corrected chi connectivity index (χ0v) is 11.9. The average Bonchev–Trinajstić information content (AvgIpc) is 2.41. The summed E-state index contributed by atoms with van der Waals surface area (Å²) in [5, 5.41) is 15.5. The number of primary amides is 1.